The summed E-state index contributed by atoms with van der Waals surface area (Å²) in [7, 11) is 0. The Labute approximate surface area is 333 Å². The summed E-state index contributed by atoms with van der Waals surface area (Å²) in [6.45, 7) is 4.29. The van der Waals surface area contributed by atoms with Gasteiger partial charge >= 0.3 is 17.6 Å². The Morgan fingerprint density at radius 1 is 0.618 bits per heavy atom. The van der Waals surface area contributed by atoms with Crippen molar-refractivity contribution < 1.29 is 28.9 Å². The zero-order chi connectivity index (χ0) is 39.8. The molecule has 10 heteroatoms. The summed E-state index contributed by atoms with van der Waals surface area (Å²) in [5.41, 5.74) is -1.34. The smallest absolute Gasteiger partial charge is 0.330 e. The third kappa shape index (κ3) is 23.4. The lowest BCUT2D eigenvalue weighted by molar-refractivity contribution is -0.160. The van der Waals surface area contributed by atoms with Crippen molar-refractivity contribution in [2.75, 3.05) is 6.61 Å². The number of carbonyl (C=O) groups is 2. The highest BCUT2D eigenvalue weighted by Gasteiger charge is 2.48. The lowest BCUT2D eigenvalue weighted by Crippen LogP contribution is -2.40. The minimum absolute atomic E-state index is 0.205. The fourth-order valence-electron chi connectivity index (χ4n) is 7.60. The van der Waals surface area contributed by atoms with Crippen LogP contribution in [-0.2, 0) is 23.8 Å². The first kappa shape index (κ1) is 48.7. The summed E-state index contributed by atoms with van der Waals surface area (Å²) in [6, 6.07) is 1.15. The van der Waals surface area contributed by atoms with Crippen molar-refractivity contribution in [2.24, 2.45) is 0 Å². The van der Waals surface area contributed by atoms with E-state index in [1.807, 2.05) is 0 Å². The number of nitrogens with zero attached hydrogens (tertiary/aromatic N) is 1. The van der Waals surface area contributed by atoms with Crippen LogP contribution < -0.4 is 11.2 Å². The van der Waals surface area contributed by atoms with E-state index in [1.54, 1.807) is 0 Å². The minimum Gasteiger partial charge on any atom is -0.463 e. The van der Waals surface area contributed by atoms with E-state index < -0.39 is 41.8 Å². The van der Waals surface area contributed by atoms with E-state index in [4.69, 9.17) is 14.2 Å². The van der Waals surface area contributed by atoms with Gasteiger partial charge in [0, 0.05) is 25.1 Å². The number of rotatable bonds is 36. The van der Waals surface area contributed by atoms with Crippen molar-refractivity contribution in [3.63, 3.8) is 0 Å². The number of nitrogens with one attached hydrogen (secondary N) is 1. The molecular weight excluding hydrogens is 697 g/mol. The Hall–Kier alpha value is -2.46. The van der Waals surface area contributed by atoms with Gasteiger partial charge in [0.2, 0.25) is 0 Å². The van der Waals surface area contributed by atoms with Gasteiger partial charge in [0.1, 0.15) is 18.8 Å². The maximum Gasteiger partial charge on any atom is 0.330 e. The fraction of sp³-hybridized carbons (Fsp3) is 0.867. The van der Waals surface area contributed by atoms with Crippen LogP contribution in [-0.4, -0.2) is 51.5 Å². The Morgan fingerprint density at radius 3 is 1.40 bits per heavy atom. The molecule has 0 radical (unpaired) electrons. The molecule has 10 nitrogen and oxygen atoms in total. The van der Waals surface area contributed by atoms with E-state index >= 15 is 0 Å². The summed E-state index contributed by atoms with van der Waals surface area (Å²) in [5.74, 6) is -0.841. The number of ether oxygens (including phenoxy) is 3. The van der Waals surface area contributed by atoms with E-state index in [9.17, 15) is 24.3 Å². The van der Waals surface area contributed by atoms with Crippen LogP contribution in [0.3, 0.4) is 0 Å². The molecule has 0 aromatic carbocycles. The van der Waals surface area contributed by atoms with Crippen molar-refractivity contribution in [1.29, 1.82) is 0 Å². The van der Waals surface area contributed by atoms with Crippen molar-refractivity contribution in [2.45, 2.75) is 244 Å². The van der Waals surface area contributed by atoms with Gasteiger partial charge in [-0.25, -0.2) is 4.79 Å². The number of carbonyl (C=O) groups excluding carboxylic acids is 2. The van der Waals surface area contributed by atoms with Gasteiger partial charge in [0.25, 0.3) is 5.56 Å². The average Bonchev–Trinajstić information content (AvgIpc) is 3.47. The van der Waals surface area contributed by atoms with Crippen molar-refractivity contribution in [3.05, 3.63) is 33.1 Å². The molecule has 0 unspecified atom stereocenters. The first-order valence-corrected chi connectivity index (χ1v) is 22.9. The monoisotopic (exact) mass is 777 g/mol. The van der Waals surface area contributed by atoms with E-state index in [-0.39, 0.29) is 25.4 Å². The SMILES string of the molecule is CCCCCCCCCCCCCCCCCC(=O)OC[C@H]1O[C@@H](n2ccc(=O)[nH]c2=O)[C@H](O)[C@@H]1OC(=O)CCCCCCCCCCCCCCCCC. The highest BCUT2D eigenvalue weighted by atomic mass is 16.6. The second-order valence-corrected chi connectivity index (χ2v) is 16.1. The van der Waals surface area contributed by atoms with E-state index in [0.717, 1.165) is 49.2 Å². The zero-order valence-electron chi connectivity index (χ0n) is 35.1. The summed E-state index contributed by atoms with van der Waals surface area (Å²) in [4.78, 5) is 51.8. The Kier molecular flexibility index (Phi) is 28.9. The molecule has 1 aliphatic rings. The van der Waals surface area contributed by atoms with Gasteiger partial charge in [-0.3, -0.25) is 23.9 Å². The lowest BCUT2D eigenvalue weighted by Gasteiger charge is -2.21. The molecule has 0 amide bonds. The number of hydrogen-bond acceptors (Lipinski definition) is 8. The van der Waals surface area contributed by atoms with Crippen LogP contribution in [0.25, 0.3) is 0 Å². The number of aliphatic hydroxyl groups is 1. The van der Waals surface area contributed by atoms with E-state index in [0.29, 0.717) is 6.42 Å². The predicted octanol–water partition coefficient (Wildman–Crippen LogP) is 10.8. The molecule has 1 fully saturated rings. The molecule has 0 saturated carbocycles. The number of esters is 2. The largest absolute Gasteiger partial charge is 0.463 e. The highest BCUT2D eigenvalue weighted by Crippen LogP contribution is 2.31. The molecule has 318 valence electrons. The van der Waals surface area contributed by atoms with Crippen molar-refractivity contribution in [3.8, 4) is 0 Å². The Morgan fingerprint density at radius 2 is 1.00 bits per heavy atom. The number of hydrogen-bond donors (Lipinski definition) is 2. The van der Waals surface area contributed by atoms with Gasteiger partial charge in [-0.15, -0.1) is 0 Å². The molecule has 1 saturated heterocycles. The Bertz CT molecular complexity index is 1220. The van der Waals surface area contributed by atoms with Gasteiger partial charge in [-0.2, -0.15) is 0 Å². The highest BCUT2D eigenvalue weighted by molar-refractivity contribution is 5.70. The van der Waals surface area contributed by atoms with Crippen LogP contribution in [0.1, 0.15) is 226 Å². The molecule has 0 bridgehead atoms. The molecule has 2 N–H and O–H groups in total. The maximum atomic E-state index is 12.9. The topological polar surface area (TPSA) is 137 Å². The Balaban J connectivity index is 1.64. The normalized spacial score (nSPS) is 18.2. The molecular formula is C45H80N2O8. The van der Waals surface area contributed by atoms with Crippen LogP contribution in [0.5, 0.6) is 0 Å². The summed E-state index contributed by atoms with van der Waals surface area (Å²) < 4.78 is 18.2. The second kappa shape index (κ2) is 32.6. The van der Waals surface area contributed by atoms with Gasteiger partial charge in [-0.1, -0.05) is 194 Å². The molecule has 1 aromatic rings. The van der Waals surface area contributed by atoms with Gasteiger partial charge in [0.15, 0.2) is 12.3 Å². The summed E-state index contributed by atoms with van der Waals surface area (Å²) in [5, 5.41) is 11.1. The maximum absolute atomic E-state index is 12.9. The van der Waals surface area contributed by atoms with Gasteiger partial charge < -0.3 is 19.3 Å². The third-order valence-electron chi connectivity index (χ3n) is 11.1. The second-order valence-electron chi connectivity index (χ2n) is 16.1. The van der Waals surface area contributed by atoms with Crippen LogP contribution >= 0.6 is 0 Å². The van der Waals surface area contributed by atoms with Crippen molar-refractivity contribution in [1.82, 2.24) is 9.55 Å². The molecule has 2 rings (SSSR count). The van der Waals surface area contributed by atoms with E-state index in [2.05, 4.69) is 18.8 Å². The number of aliphatic hydroxyl groups excluding tert-OH is 1. The average molecular weight is 777 g/mol. The number of aromatic amines is 1. The van der Waals surface area contributed by atoms with Crippen LogP contribution in [0.15, 0.2) is 21.9 Å². The number of H-pyrrole nitrogens is 1. The first-order chi connectivity index (χ1) is 26.9. The first-order valence-electron chi connectivity index (χ1n) is 22.9. The summed E-state index contributed by atoms with van der Waals surface area (Å²) >= 11 is 0. The van der Waals surface area contributed by atoms with E-state index in [1.165, 1.54) is 154 Å². The molecule has 1 aliphatic heterocycles. The van der Waals surface area contributed by atoms with Gasteiger partial charge in [0.05, 0.1) is 0 Å². The molecule has 1 aromatic heterocycles. The fourth-order valence-corrected chi connectivity index (χ4v) is 7.60. The van der Waals surface area contributed by atoms with Crippen LogP contribution in [0, 0.1) is 0 Å². The zero-order valence-corrected chi connectivity index (χ0v) is 35.1. The van der Waals surface area contributed by atoms with Crippen LogP contribution in [0.4, 0.5) is 0 Å². The molecule has 4 atom stereocenters. The summed E-state index contributed by atoms with van der Waals surface area (Å²) in [6.07, 6.45) is 34.1. The number of unbranched alkanes of at least 4 members (excludes halogenated alkanes) is 28. The lowest BCUT2D eigenvalue weighted by atomic mass is 10.0. The molecule has 2 heterocycles. The molecule has 0 spiro atoms. The van der Waals surface area contributed by atoms with Crippen molar-refractivity contribution >= 4 is 11.9 Å². The molecule has 0 aliphatic carbocycles. The van der Waals surface area contributed by atoms with Crippen LogP contribution in [0.2, 0.25) is 0 Å². The number of aromatic nitrogens is 2. The van der Waals surface area contributed by atoms with Gasteiger partial charge in [-0.05, 0) is 12.8 Å². The third-order valence-corrected chi connectivity index (χ3v) is 11.1. The molecule has 55 heavy (non-hydrogen) atoms. The quantitative estimate of drug-likeness (QED) is 0.0508. The predicted molar refractivity (Wildman–Crippen MR) is 221 cm³/mol. The standard InChI is InChI=1S/C45H80N2O8/c1-3-5-7-9-11-13-15-17-19-21-23-25-27-29-31-33-40(49)53-37-38-43(42(51)44(54-38)47-36-35-39(48)46-45(47)52)55-41(50)34-32-30-28-26-24-22-20-18-16-14-12-10-8-6-4-2/h35-36,38,42-44,51H,3-34,37H2,1-2H3,(H,46,48,52)/t38-,42-,43-,44-/m1/s1. The minimum atomic E-state index is -1.40.